The average molecular weight is 282 g/mol. The second kappa shape index (κ2) is 3.79. The highest BCUT2D eigenvalue weighted by Crippen LogP contribution is 2.67. The van der Waals surface area contributed by atoms with E-state index in [2.05, 4.69) is 31.0 Å². The number of nitrogens with zero attached hydrogens (tertiary/aromatic N) is 2. The third-order valence-electron chi connectivity index (χ3n) is 5.20. The number of carbonyl (C=O) groups excluding carboxylic acids is 1. The van der Waals surface area contributed by atoms with Gasteiger partial charge in [0.15, 0.2) is 4.34 Å². The lowest BCUT2D eigenvalue weighted by Gasteiger charge is -2.37. The Kier molecular flexibility index (Phi) is 2.66. The molecule has 2 aliphatic rings. The quantitative estimate of drug-likeness (QED) is 0.834. The summed E-state index contributed by atoms with van der Waals surface area (Å²) in [6.45, 7) is 8.75. The van der Waals surface area contributed by atoms with Crippen molar-refractivity contribution in [1.29, 1.82) is 0 Å². The molecule has 2 fully saturated rings. The highest BCUT2D eigenvalue weighted by molar-refractivity contribution is 8.02. The lowest BCUT2D eigenvalue weighted by molar-refractivity contribution is -0.122. The molecule has 0 N–H and O–H groups in total. The van der Waals surface area contributed by atoms with Crippen molar-refractivity contribution in [3.05, 3.63) is 5.01 Å². The minimum Gasteiger partial charge on any atom is -0.298 e. The van der Waals surface area contributed by atoms with Gasteiger partial charge >= 0.3 is 0 Å². The van der Waals surface area contributed by atoms with Crippen LogP contribution in [0.25, 0.3) is 0 Å². The van der Waals surface area contributed by atoms with Gasteiger partial charge in [-0.1, -0.05) is 43.9 Å². The Hall–Kier alpha value is -0.420. The van der Waals surface area contributed by atoms with Gasteiger partial charge in [-0.05, 0) is 30.6 Å². The van der Waals surface area contributed by atoms with Crippen LogP contribution in [-0.2, 0) is 4.79 Å². The van der Waals surface area contributed by atoms with E-state index in [1.165, 1.54) is 0 Å². The summed E-state index contributed by atoms with van der Waals surface area (Å²) in [7, 11) is 0. The summed E-state index contributed by atoms with van der Waals surface area (Å²) in [5.41, 5.74) is 0.237. The van der Waals surface area contributed by atoms with E-state index >= 15 is 0 Å². The zero-order valence-corrected chi connectivity index (χ0v) is 12.8. The van der Waals surface area contributed by atoms with E-state index in [1.54, 1.807) is 23.1 Å². The van der Waals surface area contributed by atoms with E-state index in [-0.39, 0.29) is 22.0 Å². The molecule has 1 aromatic rings. The first-order valence-electron chi connectivity index (χ1n) is 6.37. The first kappa shape index (κ1) is 12.6. The predicted molar refractivity (Wildman–Crippen MR) is 73.9 cm³/mol. The SMILES string of the molecule is Cc1nnc(S[C@H]2C(=O)[C@@H]3CC[C@]2(C)C3(C)C)s1. The van der Waals surface area contributed by atoms with Crippen LogP contribution in [-0.4, -0.2) is 21.2 Å². The van der Waals surface area contributed by atoms with Crippen molar-refractivity contribution < 1.29 is 4.79 Å². The fourth-order valence-corrected chi connectivity index (χ4v) is 6.11. The predicted octanol–water partition coefficient (Wildman–Crippen LogP) is 3.33. The summed E-state index contributed by atoms with van der Waals surface area (Å²) >= 11 is 3.23. The number of ketones is 1. The Morgan fingerprint density at radius 1 is 1.33 bits per heavy atom. The fraction of sp³-hybridized carbons (Fsp3) is 0.769. The Balaban J connectivity index is 1.92. The topological polar surface area (TPSA) is 42.9 Å². The largest absolute Gasteiger partial charge is 0.298 e. The number of hydrogen-bond donors (Lipinski definition) is 0. The van der Waals surface area contributed by atoms with Crippen molar-refractivity contribution in [3.63, 3.8) is 0 Å². The standard InChI is InChI=1S/C13H18N2OS2/c1-7-14-15-11(17-7)18-10-9(16)8-5-6-13(10,4)12(8,2)3/h8,10H,5-6H2,1-4H3/t8-,10-,13-/m0/s1. The number of fused-ring (bicyclic) bond motifs is 2. The number of aromatic nitrogens is 2. The summed E-state index contributed by atoms with van der Waals surface area (Å²) in [6, 6.07) is 0. The van der Waals surface area contributed by atoms with Crippen molar-refractivity contribution in [1.82, 2.24) is 10.2 Å². The molecule has 18 heavy (non-hydrogen) atoms. The van der Waals surface area contributed by atoms with Crippen LogP contribution < -0.4 is 0 Å². The molecule has 3 atom stereocenters. The van der Waals surface area contributed by atoms with Crippen LogP contribution in [0.15, 0.2) is 4.34 Å². The molecule has 1 heterocycles. The molecule has 1 aromatic heterocycles. The summed E-state index contributed by atoms with van der Waals surface area (Å²) < 4.78 is 0.940. The maximum atomic E-state index is 12.5. The molecule has 0 unspecified atom stereocenters. The van der Waals surface area contributed by atoms with Crippen LogP contribution in [0.4, 0.5) is 0 Å². The van der Waals surface area contributed by atoms with E-state index in [9.17, 15) is 4.79 Å². The second-order valence-corrected chi connectivity index (χ2v) is 8.75. The number of aryl methyl sites for hydroxylation is 1. The first-order valence-corrected chi connectivity index (χ1v) is 8.06. The van der Waals surface area contributed by atoms with E-state index in [0.29, 0.717) is 5.78 Å². The Morgan fingerprint density at radius 3 is 2.56 bits per heavy atom. The molecule has 0 aromatic carbocycles. The van der Waals surface area contributed by atoms with Gasteiger partial charge in [-0.15, -0.1) is 10.2 Å². The molecule has 0 radical (unpaired) electrons. The monoisotopic (exact) mass is 282 g/mol. The molecule has 5 heteroatoms. The fourth-order valence-electron chi connectivity index (χ4n) is 3.60. The molecular weight excluding hydrogens is 264 g/mol. The van der Waals surface area contributed by atoms with Crippen molar-refractivity contribution in [2.45, 2.75) is 50.1 Å². The van der Waals surface area contributed by atoms with E-state index in [0.717, 1.165) is 22.2 Å². The van der Waals surface area contributed by atoms with Crippen LogP contribution in [0.5, 0.6) is 0 Å². The minimum atomic E-state index is 0.0681. The third-order valence-corrected chi connectivity index (χ3v) is 7.65. The molecule has 3 rings (SSSR count). The Bertz CT molecular complexity index is 511. The Labute approximate surface area is 116 Å². The lowest BCUT2D eigenvalue weighted by Crippen LogP contribution is -2.35. The van der Waals surface area contributed by atoms with Gasteiger partial charge in [-0.3, -0.25) is 4.79 Å². The van der Waals surface area contributed by atoms with Gasteiger partial charge < -0.3 is 0 Å². The molecule has 0 saturated heterocycles. The smallest absolute Gasteiger partial charge is 0.175 e. The van der Waals surface area contributed by atoms with Gasteiger partial charge in [-0.25, -0.2) is 0 Å². The van der Waals surface area contributed by atoms with Crippen LogP contribution in [0, 0.1) is 23.7 Å². The average Bonchev–Trinajstić information content (AvgIpc) is 2.82. The van der Waals surface area contributed by atoms with Gasteiger partial charge in [0.2, 0.25) is 0 Å². The minimum absolute atomic E-state index is 0.0681. The molecule has 0 aliphatic heterocycles. The van der Waals surface area contributed by atoms with E-state index in [4.69, 9.17) is 0 Å². The second-order valence-electron chi connectivity index (χ2n) is 6.22. The molecule has 0 amide bonds. The van der Waals surface area contributed by atoms with Crippen molar-refractivity contribution in [2.75, 3.05) is 0 Å². The molecule has 2 bridgehead atoms. The van der Waals surface area contributed by atoms with Crippen LogP contribution in [0.2, 0.25) is 0 Å². The summed E-state index contributed by atoms with van der Waals surface area (Å²) in [5.74, 6) is 0.681. The number of carbonyl (C=O) groups is 1. The number of rotatable bonds is 2. The van der Waals surface area contributed by atoms with Gasteiger partial charge in [0.1, 0.15) is 10.8 Å². The molecule has 3 nitrogen and oxygen atoms in total. The molecule has 98 valence electrons. The third kappa shape index (κ3) is 1.46. The zero-order chi connectivity index (χ0) is 13.1. The van der Waals surface area contributed by atoms with Gasteiger partial charge in [0.25, 0.3) is 0 Å². The maximum absolute atomic E-state index is 12.5. The number of hydrogen-bond acceptors (Lipinski definition) is 5. The number of thioether (sulfide) groups is 1. The molecule has 2 saturated carbocycles. The van der Waals surface area contributed by atoms with E-state index < -0.39 is 0 Å². The molecule has 2 aliphatic carbocycles. The van der Waals surface area contributed by atoms with Crippen LogP contribution in [0.1, 0.15) is 38.6 Å². The van der Waals surface area contributed by atoms with Gasteiger partial charge in [0.05, 0.1) is 5.25 Å². The van der Waals surface area contributed by atoms with Crippen LogP contribution >= 0.6 is 23.1 Å². The normalized spacial score (nSPS) is 37.4. The van der Waals surface area contributed by atoms with Crippen molar-refractivity contribution in [3.8, 4) is 0 Å². The highest BCUT2D eigenvalue weighted by Gasteiger charge is 2.66. The summed E-state index contributed by atoms with van der Waals surface area (Å²) in [6.07, 6.45) is 2.22. The maximum Gasteiger partial charge on any atom is 0.175 e. The van der Waals surface area contributed by atoms with Gasteiger partial charge in [0, 0.05) is 5.92 Å². The van der Waals surface area contributed by atoms with Crippen molar-refractivity contribution >= 4 is 28.9 Å². The molecule has 0 spiro atoms. The first-order chi connectivity index (χ1) is 8.36. The van der Waals surface area contributed by atoms with Gasteiger partial charge in [-0.2, -0.15) is 0 Å². The Morgan fingerprint density at radius 2 is 2.06 bits per heavy atom. The van der Waals surface area contributed by atoms with Crippen LogP contribution in [0.3, 0.4) is 0 Å². The molecular formula is C13H18N2OS2. The summed E-state index contributed by atoms with van der Waals surface area (Å²) in [4.78, 5) is 12.5. The number of Topliss-reactive ketones (excluding diaryl/α,β-unsaturated/α-hetero) is 1. The summed E-state index contributed by atoms with van der Waals surface area (Å²) in [5, 5.41) is 9.23. The lowest BCUT2D eigenvalue weighted by atomic mass is 9.71. The van der Waals surface area contributed by atoms with Crippen molar-refractivity contribution in [2.24, 2.45) is 16.7 Å². The van der Waals surface area contributed by atoms with E-state index in [1.807, 2.05) is 6.92 Å². The highest BCUT2D eigenvalue weighted by atomic mass is 32.2. The zero-order valence-electron chi connectivity index (χ0n) is 11.2.